The molecule has 3 rings (SSSR count). The number of aryl methyl sites for hydroxylation is 1. The molecule has 0 fully saturated rings. The van der Waals surface area contributed by atoms with E-state index in [1.165, 1.54) is 12.1 Å². The SMILES string of the molecule is Cc1ccc([N+](=O)[O-])cc1Nc1nc(Cl)c(Cl)c(-c2cccnc2)n1. The molecule has 0 aliphatic carbocycles. The van der Waals surface area contributed by atoms with Crippen LogP contribution in [0.3, 0.4) is 0 Å². The summed E-state index contributed by atoms with van der Waals surface area (Å²) in [7, 11) is 0. The number of nitro groups is 1. The normalized spacial score (nSPS) is 10.5. The first-order valence-corrected chi connectivity index (χ1v) is 7.87. The van der Waals surface area contributed by atoms with Crippen LogP contribution >= 0.6 is 23.2 Å². The lowest BCUT2D eigenvalue weighted by atomic mass is 10.2. The van der Waals surface area contributed by atoms with Gasteiger partial charge in [-0.3, -0.25) is 15.1 Å². The Kier molecular flexibility index (Phi) is 4.78. The molecule has 0 radical (unpaired) electrons. The lowest BCUT2D eigenvalue weighted by molar-refractivity contribution is -0.384. The van der Waals surface area contributed by atoms with Gasteiger partial charge in [0.25, 0.3) is 5.69 Å². The predicted octanol–water partition coefficient (Wildman–Crippen LogP) is 4.81. The van der Waals surface area contributed by atoms with E-state index in [4.69, 9.17) is 23.2 Å². The maximum Gasteiger partial charge on any atom is 0.271 e. The van der Waals surface area contributed by atoms with Gasteiger partial charge in [-0.05, 0) is 24.6 Å². The highest BCUT2D eigenvalue weighted by molar-refractivity contribution is 6.42. The third-order valence-corrected chi connectivity index (χ3v) is 4.15. The third-order valence-electron chi connectivity index (χ3n) is 3.42. The minimum Gasteiger partial charge on any atom is -0.324 e. The van der Waals surface area contributed by atoms with Crippen molar-refractivity contribution in [2.45, 2.75) is 6.92 Å². The summed E-state index contributed by atoms with van der Waals surface area (Å²) in [5.41, 5.74) is 2.35. The number of benzene rings is 1. The third kappa shape index (κ3) is 3.67. The molecule has 7 nitrogen and oxygen atoms in total. The molecule has 9 heteroatoms. The van der Waals surface area contributed by atoms with Crippen LogP contribution < -0.4 is 5.32 Å². The van der Waals surface area contributed by atoms with Crippen molar-refractivity contribution in [2.75, 3.05) is 5.32 Å². The van der Waals surface area contributed by atoms with Gasteiger partial charge in [-0.25, -0.2) is 4.98 Å². The summed E-state index contributed by atoms with van der Waals surface area (Å²) in [6.45, 7) is 1.81. The van der Waals surface area contributed by atoms with Crippen LogP contribution in [0.25, 0.3) is 11.3 Å². The first kappa shape index (κ1) is 17.1. The van der Waals surface area contributed by atoms with Crippen molar-refractivity contribution in [1.82, 2.24) is 15.0 Å². The predicted molar refractivity (Wildman–Crippen MR) is 96.4 cm³/mol. The van der Waals surface area contributed by atoms with Gasteiger partial charge in [-0.2, -0.15) is 4.98 Å². The second-order valence-electron chi connectivity index (χ2n) is 5.12. The number of aromatic nitrogens is 3. The van der Waals surface area contributed by atoms with Crippen molar-refractivity contribution in [3.63, 3.8) is 0 Å². The van der Waals surface area contributed by atoms with Crippen LogP contribution in [-0.4, -0.2) is 19.9 Å². The molecule has 25 heavy (non-hydrogen) atoms. The Hall–Kier alpha value is -2.77. The highest BCUT2D eigenvalue weighted by Crippen LogP contribution is 2.33. The number of pyridine rings is 1. The fourth-order valence-electron chi connectivity index (χ4n) is 2.15. The summed E-state index contributed by atoms with van der Waals surface area (Å²) in [5, 5.41) is 14.2. The molecule has 0 unspecified atom stereocenters. The molecule has 0 saturated heterocycles. The summed E-state index contributed by atoms with van der Waals surface area (Å²) in [5.74, 6) is 0.178. The summed E-state index contributed by atoms with van der Waals surface area (Å²) in [6.07, 6.45) is 3.23. The quantitative estimate of drug-likeness (QED) is 0.399. The second-order valence-corrected chi connectivity index (χ2v) is 5.86. The Balaban J connectivity index is 2.03. The summed E-state index contributed by atoms with van der Waals surface area (Å²) < 4.78 is 0. The van der Waals surface area contributed by atoms with Gasteiger partial charge in [0, 0.05) is 30.1 Å². The Morgan fingerprint density at radius 2 is 2.00 bits per heavy atom. The molecule has 3 aromatic rings. The number of nitrogens with zero attached hydrogens (tertiary/aromatic N) is 4. The first-order valence-electron chi connectivity index (χ1n) is 7.11. The number of hydrogen-bond acceptors (Lipinski definition) is 6. The van der Waals surface area contributed by atoms with Crippen LogP contribution in [0, 0.1) is 17.0 Å². The number of non-ortho nitro benzene ring substituents is 1. The molecule has 2 heterocycles. The van der Waals surface area contributed by atoms with Crippen LogP contribution in [0.15, 0.2) is 42.7 Å². The molecule has 0 aliphatic heterocycles. The summed E-state index contributed by atoms with van der Waals surface area (Å²) >= 11 is 12.3. The number of nitro benzene ring substituents is 1. The molecule has 1 N–H and O–H groups in total. The van der Waals surface area contributed by atoms with Crippen LogP contribution in [-0.2, 0) is 0 Å². The first-order chi connectivity index (χ1) is 12.0. The number of hydrogen-bond donors (Lipinski definition) is 1. The van der Waals surface area contributed by atoms with E-state index in [-0.39, 0.29) is 21.8 Å². The lowest BCUT2D eigenvalue weighted by Crippen LogP contribution is -2.02. The number of rotatable bonds is 4. The topological polar surface area (TPSA) is 93.8 Å². The average molecular weight is 376 g/mol. The van der Waals surface area contributed by atoms with Crippen molar-refractivity contribution in [1.29, 1.82) is 0 Å². The minimum atomic E-state index is -0.471. The fraction of sp³-hybridized carbons (Fsp3) is 0.0625. The molecule has 0 amide bonds. The van der Waals surface area contributed by atoms with Gasteiger partial charge in [0.1, 0.15) is 5.02 Å². The highest BCUT2D eigenvalue weighted by Gasteiger charge is 2.15. The molecule has 0 atom stereocenters. The smallest absolute Gasteiger partial charge is 0.271 e. The molecular weight excluding hydrogens is 365 g/mol. The second kappa shape index (κ2) is 7.00. The van der Waals surface area contributed by atoms with Crippen LogP contribution in [0.2, 0.25) is 10.2 Å². The van der Waals surface area contributed by atoms with Gasteiger partial charge in [0.2, 0.25) is 5.95 Å². The molecule has 1 aromatic carbocycles. The maximum atomic E-state index is 11.0. The average Bonchev–Trinajstić information content (AvgIpc) is 2.60. The Labute approximate surface area is 152 Å². The van der Waals surface area contributed by atoms with E-state index in [0.717, 1.165) is 5.56 Å². The van der Waals surface area contributed by atoms with Crippen LogP contribution in [0.4, 0.5) is 17.3 Å². The molecule has 126 valence electrons. The zero-order chi connectivity index (χ0) is 18.0. The van der Waals surface area contributed by atoms with Crippen molar-refractivity contribution >= 4 is 40.5 Å². The Bertz CT molecular complexity index is 951. The van der Waals surface area contributed by atoms with E-state index < -0.39 is 4.92 Å². The maximum absolute atomic E-state index is 11.0. The van der Waals surface area contributed by atoms with Crippen molar-refractivity contribution in [3.8, 4) is 11.3 Å². The zero-order valence-corrected chi connectivity index (χ0v) is 14.4. The molecule has 2 aromatic heterocycles. The standard InChI is InChI=1S/C16H11Cl2N5O2/c1-9-4-5-11(23(24)25)7-12(9)20-16-21-14(13(17)15(18)22-16)10-3-2-6-19-8-10/h2-8H,1H3,(H,20,21,22). The van der Waals surface area contributed by atoms with Gasteiger partial charge in [-0.1, -0.05) is 29.3 Å². The van der Waals surface area contributed by atoms with Crippen molar-refractivity contribution in [2.24, 2.45) is 0 Å². The summed E-state index contributed by atoms with van der Waals surface area (Å²) in [4.78, 5) is 23.0. The van der Waals surface area contributed by atoms with E-state index in [1.807, 2.05) is 6.92 Å². The Morgan fingerprint density at radius 3 is 2.68 bits per heavy atom. The zero-order valence-electron chi connectivity index (χ0n) is 12.9. The Morgan fingerprint density at radius 1 is 1.20 bits per heavy atom. The fourth-order valence-corrected chi connectivity index (χ4v) is 2.51. The minimum absolute atomic E-state index is 0.0411. The number of anilines is 2. The van der Waals surface area contributed by atoms with Gasteiger partial charge < -0.3 is 5.32 Å². The summed E-state index contributed by atoms with van der Waals surface area (Å²) in [6, 6.07) is 8.02. The van der Waals surface area contributed by atoms with E-state index in [2.05, 4.69) is 20.3 Å². The van der Waals surface area contributed by atoms with Gasteiger partial charge in [0.05, 0.1) is 16.3 Å². The van der Waals surface area contributed by atoms with Crippen LogP contribution in [0.5, 0.6) is 0 Å². The van der Waals surface area contributed by atoms with E-state index >= 15 is 0 Å². The molecule has 0 bridgehead atoms. The highest BCUT2D eigenvalue weighted by atomic mass is 35.5. The van der Waals surface area contributed by atoms with Gasteiger partial charge in [-0.15, -0.1) is 0 Å². The van der Waals surface area contributed by atoms with E-state index in [9.17, 15) is 10.1 Å². The van der Waals surface area contributed by atoms with Gasteiger partial charge in [0.15, 0.2) is 5.15 Å². The van der Waals surface area contributed by atoms with E-state index in [0.29, 0.717) is 16.9 Å². The lowest BCUT2D eigenvalue weighted by Gasteiger charge is -2.11. The molecule has 0 aliphatic rings. The van der Waals surface area contributed by atoms with Gasteiger partial charge >= 0.3 is 0 Å². The van der Waals surface area contributed by atoms with Crippen LogP contribution in [0.1, 0.15) is 5.56 Å². The molecular formula is C16H11Cl2N5O2. The van der Waals surface area contributed by atoms with Crippen molar-refractivity contribution in [3.05, 3.63) is 68.6 Å². The van der Waals surface area contributed by atoms with Crippen molar-refractivity contribution < 1.29 is 4.92 Å². The largest absolute Gasteiger partial charge is 0.324 e. The monoisotopic (exact) mass is 375 g/mol. The molecule has 0 spiro atoms. The number of halogens is 2. The van der Waals surface area contributed by atoms with E-state index in [1.54, 1.807) is 30.6 Å². The number of nitrogens with one attached hydrogen (secondary N) is 1. The molecule has 0 saturated carbocycles.